The number of allylic oxidation sites excluding steroid dienone is 2. The fourth-order valence-corrected chi connectivity index (χ4v) is 4.88. The Kier molecular flexibility index (Phi) is 6.86. The summed E-state index contributed by atoms with van der Waals surface area (Å²) >= 11 is 1.43. The highest BCUT2D eigenvalue weighted by molar-refractivity contribution is 7.09. The SMILES string of the molecule is Cc1c(C(C)(C)C)s/c(=N\C(=O)C2=C(NCCO)C=CC(C(F)(F)F)C2)n1CC1CC1. The van der Waals surface area contributed by atoms with Gasteiger partial charge < -0.3 is 15.0 Å². The van der Waals surface area contributed by atoms with Crippen molar-refractivity contribution in [3.8, 4) is 0 Å². The Morgan fingerprint density at radius 1 is 1.32 bits per heavy atom. The Bertz CT molecular complexity index is 960. The third-order valence-corrected chi connectivity index (χ3v) is 7.13. The van der Waals surface area contributed by atoms with Crippen LogP contribution in [0.2, 0.25) is 0 Å². The zero-order chi connectivity index (χ0) is 23.0. The first-order valence-corrected chi connectivity index (χ1v) is 11.4. The second-order valence-corrected chi connectivity index (χ2v) is 10.3. The Balaban J connectivity index is 2.03. The van der Waals surface area contributed by atoms with Crippen molar-refractivity contribution < 1.29 is 23.1 Å². The molecule has 172 valence electrons. The minimum atomic E-state index is -4.44. The zero-order valence-corrected chi connectivity index (χ0v) is 19.2. The van der Waals surface area contributed by atoms with E-state index in [1.807, 2.05) is 11.5 Å². The van der Waals surface area contributed by atoms with Crippen LogP contribution in [0.5, 0.6) is 0 Å². The van der Waals surface area contributed by atoms with Crippen LogP contribution in [-0.2, 0) is 16.8 Å². The van der Waals surface area contributed by atoms with Crippen molar-refractivity contribution in [1.29, 1.82) is 0 Å². The number of carbonyl (C=O) groups is 1. The van der Waals surface area contributed by atoms with Crippen molar-refractivity contribution in [2.45, 2.75) is 65.1 Å². The Morgan fingerprint density at radius 3 is 2.55 bits per heavy atom. The lowest BCUT2D eigenvalue weighted by molar-refractivity contribution is -0.161. The highest BCUT2D eigenvalue weighted by atomic mass is 32.1. The summed E-state index contributed by atoms with van der Waals surface area (Å²) in [5, 5.41) is 11.9. The normalized spacial score (nSPS) is 20.5. The summed E-state index contributed by atoms with van der Waals surface area (Å²) in [6, 6.07) is 0. The number of nitrogens with one attached hydrogen (secondary N) is 1. The number of nitrogens with zero attached hydrogens (tertiary/aromatic N) is 2. The number of halogens is 3. The minimum Gasteiger partial charge on any atom is -0.395 e. The molecule has 2 N–H and O–H groups in total. The van der Waals surface area contributed by atoms with E-state index in [0.29, 0.717) is 16.4 Å². The van der Waals surface area contributed by atoms with E-state index in [2.05, 4.69) is 31.1 Å². The predicted molar refractivity (Wildman–Crippen MR) is 114 cm³/mol. The van der Waals surface area contributed by atoms with Crippen LogP contribution in [0.1, 0.15) is 50.6 Å². The van der Waals surface area contributed by atoms with E-state index in [0.717, 1.165) is 36.0 Å². The van der Waals surface area contributed by atoms with E-state index in [9.17, 15) is 18.0 Å². The maximum atomic E-state index is 13.3. The van der Waals surface area contributed by atoms with Gasteiger partial charge in [0.25, 0.3) is 5.91 Å². The average molecular weight is 458 g/mol. The summed E-state index contributed by atoms with van der Waals surface area (Å²) in [6.07, 6.45) is -0.294. The van der Waals surface area contributed by atoms with Crippen LogP contribution in [0, 0.1) is 18.8 Å². The summed E-state index contributed by atoms with van der Waals surface area (Å²) in [5.74, 6) is -1.83. The van der Waals surface area contributed by atoms with Crippen LogP contribution < -0.4 is 10.1 Å². The van der Waals surface area contributed by atoms with E-state index in [1.165, 1.54) is 17.4 Å². The van der Waals surface area contributed by atoms with Crippen molar-refractivity contribution in [2.24, 2.45) is 16.8 Å². The first-order chi connectivity index (χ1) is 14.4. The van der Waals surface area contributed by atoms with Crippen molar-refractivity contribution in [3.63, 3.8) is 0 Å². The van der Waals surface area contributed by atoms with E-state index < -0.39 is 24.4 Å². The molecule has 1 amide bonds. The van der Waals surface area contributed by atoms with Crippen LogP contribution in [0.25, 0.3) is 0 Å². The van der Waals surface area contributed by atoms with Gasteiger partial charge >= 0.3 is 6.18 Å². The van der Waals surface area contributed by atoms with Gasteiger partial charge in [-0.25, -0.2) is 0 Å². The summed E-state index contributed by atoms with van der Waals surface area (Å²) in [6.45, 7) is 9.01. The molecule has 0 radical (unpaired) electrons. The van der Waals surface area contributed by atoms with Crippen molar-refractivity contribution in [2.75, 3.05) is 13.2 Å². The molecule has 0 bridgehead atoms. The zero-order valence-electron chi connectivity index (χ0n) is 18.3. The van der Waals surface area contributed by atoms with Crippen LogP contribution in [0.4, 0.5) is 13.2 Å². The van der Waals surface area contributed by atoms with Crippen LogP contribution in [-0.4, -0.2) is 34.9 Å². The minimum absolute atomic E-state index is 0.000362. The standard InChI is InChI=1S/C22H30F3N3O2S/c1-13-18(21(2,3)4)31-20(28(13)12-14-5-6-14)27-19(30)16-11-15(22(23,24)25)7-8-17(16)26-9-10-29/h7-8,14-15,26,29H,5-6,9-12H2,1-4H3/b27-20-. The van der Waals surface area contributed by atoms with Gasteiger partial charge in [0.15, 0.2) is 4.80 Å². The molecule has 3 rings (SSSR count). The molecule has 1 atom stereocenters. The molecular weight excluding hydrogens is 427 g/mol. The third-order valence-electron chi connectivity index (χ3n) is 5.52. The summed E-state index contributed by atoms with van der Waals surface area (Å²) in [4.78, 5) is 19.1. The molecule has 2 aliphatic carbocycles. The number of carbonyl (C=O) groups excluding carboxylic acids is 1. The molecule has 9 heteroatoms. The molecule has 0 spiro atoms. The molecule has 1 heterocycles. The number of aliphatic hydroxyl groups is 1. The Hall–Kier alpha value is -1.87. The number of hydrogen-bond donors (Lipinski definition) is 2. The first-order valence-electron chi connectivity index (χ1n) is 10.5. The van der Waals surface area contributed by atoms with Gasteiger partial charge in [-0.15, -0.1) is 11.3 Å². The summed E-state index contributed by atoms with van der Waals surface area (Å²) in [7, 11) is 0. The van der Waals surface area contributed by atoms with Gasteiger partial charge in [0.05, 0.1) is 12.5 Å². The lowest BCUT2D eigenvalue weighted by atomic mass is 9.91. The molecule has 0 aliphatic heterocycles. The predicted octanol–water partition coefficient (Wildman–Crippen LogP) is 3.97. The molecule has 2 aliphatic rings. The smallest absolute Gasteiger partial charge is 0.395 e. The van der Waals surface area contributed by atoms with Gasteiger partial charge in [-0.1, -0.05) is 26.8 Å². The molecule has 0 aromatic carbocycles. The first kappa shape index (κ1) is 23.8. The molecule has 0 saturated heterocycles. The topological polar surface area (TPSA) is 66.6 Å². The lowest BCUT2D eigenvalue weighted by Gasteiger charge is -2.23. The third kappa shape index (κ3) is 5.68. The van der Waals surface area contributed by atoms with Crippen LogP contribution in [0.3, 0.4) is 0 Å². The fraction of sp³-hybridized carbons (Fsp3) is 0.636. The van der Waals surface area contributed by atoms with Crippen molar-refractivity contribution >= 4 is 17.2 Å². The van der Waals surface area contributed by atoms with Crippen LogP contribution >= 0.6 is 11.3 Å². The quantitative estimate of drug-likeness (QED) is 0.680. The monoisotopic (exact) mass is 457 g/mol. The second-order valence-electron chi connectivity index (χ2n) is 9.27. The number of rotatable bonds is 6. The number of hydrogen-bond acceptors (Lipinski definition) is 4. The Labute approximate surface area is 184 Å². The molecular formula is C22H30F3N3O2S. The van der Waals surface area contributed by atoms with E-state index in [-0.39, 0.29) is 24.1 Å². The summed E-state index contributed by atoms with van der Waals surface area (Å²) in [5.41, 5.74) is 1.22. The van der Waals surface area contributed by atoms with Gasteiger partial charge in [-0.2, -0.15) is 18.2 Å². The molecule has 1 fully saturated rings. The van der Waals surface area contributed by atoms with E-state index >= 15 is 0 Å². The second kappa shape index (κ2) is 8.94. The highest BCUT2D eigenvalue weighted by Gasteiger charge is 2.41. The average Bonchev–Trinajstić information content (AvgIpc) is 3.44. The van der Waals surface area contributed by atoms with E-state index in [4.69, 9.17) is 5.11 Å². The van der Waals surface area contributed by atoms with Crippen molar-refractivity contribution in [1.82, 2.24) is 9.88 Å². The number of thiazole rings is 1. The van der Waals surface area contributed by atoms with Gasteiger partial charge in [0.2, 0.25) is 0 Å². The molecule has 31 heavy (non-hydrogen) atoms. The van der Waals surface area contributed by atoms with Gasteiger partial charge in [0, 0.05) is 34.9 Å². The molecule has 1 aromatic heterocycles. The number of aliphatic hydroxyl groups excluding tert-OH is 1. The van der Waals surface area contributed by atoms with Crippen LogP contribution in [0.15, 0.2) is 28.4 Å². The van der Waals surface area contributed by atoms with E-state index in [1.54, 1.807) is 0 Å². The number of aromatic nitrogens is 1. The van der Waals surface area contributed by atoms with Gasteiger partial charge in [0.1, 0.15) is 0 Å². The summed E-state index contributed by atoms with van der Waals surface area (Å²) < 4.78 is 42.0. The van der Waals surface area contributed by atoms with Crippen molar-refractivity contribution in [3.05, 3.63) is 38.8 Å². The molecule has 1 aromatic rings. The fourth-order valence-electron chi connectivity index (χ4n) is 3.69. The molecule has 1 unspecified atom stereocenters. The number of amides is 1. The highest BCUT2D eigenvalue weighted by Crippen LogP contribution is 2.36. The Morgan fingerprint density at radius 2 is 2.00 bits per heavy atom. The molecule has 5 nitrogen and oxygen atoms in total. The number of alkyl halides is 3. The molecule has 1 saturated carbocycles. The lowest BCUT2D eigenvalue weighted by Crippen LogP contribution is -2.29. The van der Waals surface area contributed by atoms with Gasteiger partial charge in [-0.3, -0.25) is 4.79 Å². The largest absolute Gasteiger partial charge is 0.395 e. The van der Waals surface area contributed by atoms with Gasteiger partial charge in [-0.05, 0) is 43.6 Å². The maximum Gasteiger partial charge on any atom is 0.395 e. The maximum absolute atomic E-state index is 13.3.